The van der Waals surface area contributed by atoms with Crippen LogP contribution >= 0.6 is 11.8 Å². The second-order valence-electron chi connectivity index (χ2n) is 10.4. The third kappa shape index (κ3) is 10.8. The number of para-hydroxylation sites is 1. The van der Waals surface area contributed by atoms with Crippen molar-refractivity contribution in [3.63, 3.8) is 0 Å². The number of hydrogen-bond donors (Lipinski definition) is 0. The highest BCUT2D eigenvalue weighted by atomic mass is 32.2. The van der Waals surface area contributed by atoms with Crippen LogP contribution in [0.5, 0.6) is 0 Å². The molecule has 3 rings (SSSR count). The van der Waals surface area contributed by atoms with Gasteiger partial charge in [0.05, 0.1) is 5.69 Å². The van der Waals surface area contributed by atoms with E-state index in [1.54, 1.807) is 16.7 Å². The van der Waals surface area contributed by atoms with E-state index in [1.165, 1.54) is 65.1 Å². The third-order valence-electron chi connectivity index (χ3n) is 7.18. The summed E-state index contributed by atoms with van der Waals surface area (Å²) < 4.78 is 10.4. The average molecular weight is 555 g/mol. The topological polar surface area (TPSA) is 59.1 Å². The number of unbranched alkanes of at least 4 members (excludes halogenated alkanes) is 8. The Kier molecular flexibility index (Phi) is 13.5. The first kappa shape index (κ1) is 30.9. The molecular formula is C32H46N2O4S. The Bertz CT molecular complexity index is 1040. The Morgan fingerprint density at radius 2 is 1.46 bits per heavy atom. The first-order valence-electron chi connectivity index (χ1n) is 14.6. The smallest absolute Gasteiger partial charge is 0.412 e. The number of esters is 1. The summed E-state index contributed by atoms with van der Waals surface area (Å²) in [5.74, 6) is -0.298. The van der Waals surface area contributed by atoms with Crippen LogP contribution in [0.4, 0.5) is 10.5 Å². The van der Waals surface area contributed by atoms with Crippen molar-refractivity contribution >= 4 is 29.5 Å². The largest absolute Gasteiger partial charge is 0.428 e. The minimum atomic E-state index is -0.427. The number of benzene rings is 2. The highest BCUT2D eigenvalue weighted by Crippen LogP contribution is 2.37. The molecule has 0 aliphatic carbocycles. The molecule has 1 fully saturated rings. The predicted octanol–water partition coefficient (Wildman–Crippen LogP) is 8.13. The molecule has 0 N–H and O–H groups in total. The summed E-state index contributed by atoms with van der Waals surface area (Å²) in [6, 6.07) is 15.0. The zero-order valence-corrected chi connectivity index (χ0v) is 24.9. The first-order chi connectivity index (χ1) is 19.0. The summed E-state index contributed by atoms with van der Waals surface area (Å²) in [6.07, 6.45) is 10.8. The molecule has 0 spiro atoms. The highest BCUT2D eigenvalue weighted by Gasteiger charge is 2.24. The number of hydrogen-bond acceptors (Lipinski definition) is 6. The van der Waals surface area contributed by atoms with Crippen molar-refractivity contribution in [1.82, 2.24) is 4.90 Å². The van der Waals surface area contributed by atoms with E-state index in [9.17, 15) is 9.59 Å². The van der Waals surface area contributed by atoms with Gasteiger partial charge < -0.3 is 19.3 Å². The second kappa shape index (κ2) is 17.1. The lowest BCUT2D eigenvalue weighted by Gasteiger charge is -2.36. The Balaban J connectivity index is 1.32. The molecule has 0 atom stereocenters. The summed E-state index contributed by atoms with van der Waals surface area (Å²) in [7, 11) is 0. The number of anilines is 1. The van der Waals surface area contributed by atoms with E-state index in [2.05, 4.69) is 68.1 Å². The zero-order valence-electron chi connectivity index (χ0n) is 24.1. The molecule has 0 unspecified atom stereocenters. The maximum Gasteiger partial charge on any atom is 0.412 e. The minimum Gasteiger partial charge on any atom is -0.428 e. The van der Waals surface area contributed by atoms with Gasteiger partial charge in [0.1, 0.15) is 0 Å². The Morgan fingerprint density at radius 3 is 2.15 bits per heavy atom. The predicted molar refractivity (Wildman–Crippen MR) is 160 cm³/mol. The van der Waals surface area contributed by atoms with Crippen molar-refractivity contribution in [2.24, 2.45) is 0 Å². The molecule has 2 aromatic carbocycles. The lowest BCUT2D eigenvalue weighted by atomic mass is 10.1. The fourth-order valence-electron chi connectivity index (χ4n) is 4.86. The van der Waals surface area contributed by atoms with Gasteiger partial charge in [0.25, 0.3) is 0 Å². The van der Waals surface area contributed by atoms with Crippen LogP contribution < -0.4 is 4.90 Å². The van der Waals surface area contributed by atoms with Crippen molar-refractivity contribution < 1.29 is 19.1 Å². The second-order valence-corrected chi connectivity index (χ2v) is 11.5. The van der Waals surface area contributed by atoms with E-state index in [-0.39, 0.29) is 12.8 Å². The standard InChI is InChI=1S/C32H46N2O4S/c1-4-5-6-7-8-9-10-11-12-17-31(35)37-25-38-32(36)34-22-20-33(21-23-34)28-15-13-14-16-30(28)39-29-19-18-26(2)24-27(29)3/h13-16,18-19,24H,4-12,17,20-23,25H2,1-3H3. The zero-order chi connectivity index (χ0) is 27.9. The molecule has 6 nitrogen and oxygen atoms in total. The lowest BCUT2D eigenvalue weighted by Crippen LogP contribution is -2.49. The Hall–Kier alpha value is -2.67. The van der Waals surface area contributed by atoms with Crippen molar-refractivity contribution in [3.05, 3.63) is 53.6 Å². The minimum absolute atomic E-state index is 0.298. The number of ether oxygens (including phenoxy) is 2. The van der Waals surface area contributed by atoms with Gasteiger partial charge in [-0.1, -0.05) is 99.9 Å². The van der Waals surface area contributed by atoms with Crippen LogP contribution in [0, 0.1) is 13.8 Å². The summed E-state index contributed by atoms with van der Waals surface area (Å²) in [5.41, 5.74) is 3.72. The summed E-state index contributed by atoms with van der Waals surface area (Å²) in [5, 5.41) is 0. The molecule has 7 heteroatoms. The number of amides is 1. The fourth-order valence-corrected chi connectivity index (χ4v) is 5.90. The fraction of sp³-hybridized carbons (Fsp3) is 0.562. The van der Waals surface area contributed by atoms with E-state index < -0.39 is 6.09 Å². The van der Waals surface area contributed by atoms with Crippen molar-refractivity contribution in [2.45, 2.75) is 94.8 Å². The van der Waals surface area contributed by atoms with Crippen LogP contribution in [-0.4, -0.2) is 49.9 Å². The van der Waals surface area contributed by atoms with E-state index in [1.807, 2.05) is 0 Å². The molecule has 0 aromatic heterocycles. The van der Waals surface area contributed by atoms with Gasteiger partial charge in [-0.25, -0.2) is 4.79 Å². The lowest BCUT2D eigenvalue weighted by molar-refractivity contribution is -0.152. The number of carbonyl (C=O) groups excluding carboxylic acids is 2. The molecule has 1 heterocycles. The summed E-state index contributed by atoms with van der Waals surface area (Å²) in [4.78, 5) is 31.0. The summed E-state index contributed by atoms with van der Waals surface area (Å²) in [6.45, 7) is 8.75. The van der Waals surface area contributed by atoms with E-state index in [4.69, 9.17) is 9.47 Å². The van der Waals surface area contributed by atoms with Gasteiger partial charge in [-0.3, -0.25) is 4.79 Å². The van der Waals surface area contributed by atoms with Gasteiger partial charge in [-0.2, -0.15) is 0 Å². The number of rotatable bonds is 15. The van der Waals surface area contributed by atoms with E-state index in [0.29, 0.717) is 19.5 Å². The monoisotopic (exact) mass is 554 g/mol. The number of carbonyl (C=O) groups is 2. The van der Waals surface area contributed by atoms with Gasteiger partial charge in [-0.15, -0.1) is 0 Å². The van der Waals surface area contributed by atoms with E-state index >= 15 is 0 Å². The molecule has 0 bridgehead atoms. The molecular weight excluding hydrogens is 508 g/mol. The van der Waals surface area contributed by atoms with Crippen LogP contribution in [-0.2, 0) is 14.3 Å². The molecule has 1 aliphatic rings. The molecule has 1 saturated heterocycles. The van der Waals surface area contributed by atoms with Crippen molar-refractivity contribution in [2.75, 3.05) is 37.9 Å². The van der Waals surface area contributed by atoms with Gasteiger partial charge in [0.2, 0.25) is 6.79 Å². The van der Waals surface area contributed by atoms with Gasteiger partial charge in [0, 0.05) is 42.4 Å². The maximum absolute atomic E-state index is 12.5. The van der Waals surface area contributed by atoms with Crippen LogP contribution in [0.15, 0.2) is 52.3 Å². The number of aryl methyl sites for hydroxylation is 2. The SMILES string of the molecule is CCCCCCCCCCCC(=O)OCOC(=O)N1CCN(c2ccccc2Sc2ccc(C)cc2C)CC1. The van der Waals surface area contributed by atoms with Crippen LogP contribution in [0.3, 0.4) is 0 Å². The summed E-state index contributed by atoms with van der Waals surface area (Å²) >= 11 is 1.78. The van der Waals surface area contributed by atoms with Gasteiger partial charge >= 0.3 is 12.1 Å². The van der Waals surface area contributed by atoms with Crippen molar-refractivity contribution in [3.8, 4) is 0 Å². The van der Waals surface area contributed by atoms with Crippen molar-refractivity contribution in [1.29, 1.82) is 0 Å². The first-order valence-corrected chi connectivity index (χ1v) is 15.5. The number of piperazine rings is 1. The highest BCUT2D eigenvalue weighted by molar-refractivity contribution is 7.99. The Labute approximate surface area is 239 Å². The number of nitrogens with zero attached hydrogens (tertiary/aromatic N) is 2. The molecule has 1 amide bonds. The van der Waals surface area contributed by atoms with Gasteiger partial charge in [0.15, 0.2) is 0 Å². The molecule has 0 saturated carbocycles. The molecule has 1 aliphatic heterocycles. The average Bonchev–Trinajstić information content (AvgIpc) is 2.94. The molecule has 2 aromatic rings. The van der Waals surface area contributed by atoms with Crippen LogP contribution in [0.1, 0.15) is 82.3 Å². The van der Waals surface area contributed by atoms with Crippen LogP contribution in [0.2, 0.25) is 0 Å². The molecule has 0 radical (unpaired) electrons. The molecule has 39 heavy (non-hydrogen) atoms. The molecule has 214 valence electrons. The van der Waals surface area contributed by atoms with Crippen LogP contribution in [0.25, 0.3) is 0 Å². The third-order valence-corrected chi connectivity index (χ3v) is 8.42. The van der Waals surface area contributed by atoms with Gasteiger partial charge in [-0.05, 0) is 44.0 Å². The normalized spacial score (nSPS) is 13.4. The quantitative estimate of drug-likeness (QED) is 0.126. The van der Waals surface area contributed by atoms with E-state index in [0.717, 1.165) is 32.4 Å². The Morgan fingerprint density at radius 1 is 0.795 bits per heavy atom. The maximum atomic E-state index is 12.5.